The quantitative estimate of drug-likeness (QED) is 0.653. The average molecular weight is 489 g/mol. The zero-order valence-electron chi connectivity index (χ0n) is 15.8. The molecule has 1 saturated heterocycles. The molecule has 0 amide bonds. The Bertz CT molecular complexity index is 959. The van der Waals surface area contributed by atoms with Gasteiger partial charge in [-0.25, -0.2) is 13.1 Å². The first-order chi connectivity index (χ1) is 13.3. The van der Waals surface area contributed by atoms with Gasteiger partial charge in [-0.1, -0.05) is 17.7 Å². The second-order valence-electron chi connectivity index (χ2n) is 7.00. The van der Waals surface area contributed by atoms with E-state index >= 15 is 0 Å². The molecule has 0 radical (unpaired) electrons. The number of hydrogen-bond acceptors (Lipinski definition) is 4. The number of benzene rings is 2. The summed E-state index contributed by atoms with van der Waals surface area (Å²) in [5, 5.41) is 0.589. The number of aryl methyl sites for hydroxylation is 1. The third-order valence-corrected chi connectivity index (χ3v) is 7.77. The molecule has 1 N–H and O–H groups in total. The molecular weight excluding hydrogens is 466 g/mol. The van der Waals surface area contributed by atoms with Gasteiger partial charge in [0.15, 0.2) is 0 Å². The lowest BCUT2D eigenvalue weighted by molar-refractivity contribution is 0.0509. The van der Waals surface area contributed by atoms with Crippen LogP contribution in [0.5, 0.6) is 5.75 Å². The van der Waals surface area contributed by atoms with Crippen molar-refractivity contribution in [2.45, 2.75) is 30.1 Å². The number of halogens is 2. The Balaban J connectivity index is 1.95. The summed E-state index contributed by atoms with van der Waals surface area (Å²) in [7, 11) is -2.09. The Kier molecular flexibility index (Phi) is 6.72. The van der Waals surface area contributed by atoms with Crippen molar-refractivity contribution in [3.63, 3.8) is 0 Å². The van der Waals surface area contributed by atoms with Crippen LogP contribution in [0.25, 0.3) is 0 Å². The third kappa shape index (κ3) is 4.54. The van der Waals surface area contributed by atoms with Crippen molar-refractivity contribution in [2.75, 3.05) is 26.9 Å². The lowest BCUT2D eigenvalue weighted by atomic mass is 9.74. The molecule has 1 fully saturated rings. The van der Waals surface area contributed by atoms with Crippen molar-refractivity contribution in [1.29, 1.82) is 0 Å². The normalized spacial score (nSPS) is 16.7. The van der Waals surface area contributed by atoms with Crippen LogP contribution in [0, 0.1) is 6.92 Å². The van der Waals surface area contributed by atoms with E-state index in [-0.39, 0.29) is 11.4 Å². The maximum atomic E-state index is 13.0. The molecule has 3 rings (SSSR count). The van der Waals surface area contributed by atoms with Crippen molar-refractivity contribution < 1.29 is 17.9 Å². The van der Waals surface area contributed by atoms with Crippen LogP contribution in [0.4, 0.5) is 0 Å². The Labute approximate surface area is 179 Å². The fourth-order valence-corrected chi connectivity index (χ4v) is 6.02. The number of ether oxygens (including phenoxy) is 2. The van der Waals surface area contributed by atoms with Crippen LogP contribution < -0.4 is 9.46 Å². The molecule has 2 aromatic carbocycles. The molecule has 0 aromatic heterocycles. The minimum Gasteiger partial charge on any atom is -0.496 e. The van der Waals surface area contributed by atoms with Crippen LogP contribution in [-0.4, -0.2) is 35.3 Å². The number of rotatable bonds is 6. The largest absolute Gasteiger partial charge is 0.496 e. The highest BCUT2D eigenvalue weighted by Crippen LogP contribution is 2.41. The lowest BCUT2D eigenvalue weighted by Gasteiger charge is -2.38. The van der Waals surface area contributed by atoms with E-state index in [1.165, 1.54) is 0 Å². The summed E-state index contributed by atoms with van der Waals surface area (Å²) in [5.41, 5.74) is 1.42. The van der Waals surface area contributed by atoms with Crippen molar-refractivity contribution >= 4 is 37.6 Å². The number of nitrogens with one attached hydrogen (secondary N) is 1. The molecular formula is C20H23BrClNO4S. The molecule has 1 heterocycles. The minimum absolute atomic E-state index is 0.221. The van der Waals surface area contributed by atoms with Gasteiger partial charge in [0.1, 0.15) is 5.75 Å². The van der Waals surface area contributed by atoms with E-state index in [9.17, 15) is 8.42 Å². The predicted octanol–water partition coefficient (Wildman–Crippen LogP) is 4.45. The predicted molar refractivity (Wildman–Crippen MR) is 114 cm³/mol. The van der Waals surface area contributed by atoms with Crippen LogP contribution in [0.15, 0.2) is 45.8 Å². The van der Waals surface area contributed by atoms with Crippen molar-refractivity contribution in [3.05, 3.63) is 57.0 Å². The first kappa shape index (κ1) is 21.6. The van der Waals surface area contributed by atoms with Crippen molar-refractivity contribution in [3.8, 4) is 5.75 Å². The molecule has 28 heavy (non-hydrogen) atoms. The zero-order valence-corrected chi connectivity index (χ0v) is 19.0. The fraction of sp³-hybridized carbons (Fsp3) is 0.400. The Morgan fingerprint density at radius 1 is 1.21 bits per heavy atom. The molecule has 1 aliphatic rings. The van der Waals surface area contributed by atoms with E-state index in [1.54, 1.807) is 31.4 Å². The first-order valence-corrected chi connectivity index (χ1v) is 11.6. The molecule has 0 saturated carbocycles. The maximum Gasteiger partial charge on any atom is 0.241 e. The summed E-state index contributed by atoms with van der Waals surface area (Å²) in [6.07, 6.45) is 1.34. The molecule has 0 spiro atoms. The van der Waals surface area contributed by atoms with Gasteiger partial charge < -0.3 is 9.47 Å². The van der Waals surface area contributed by atoms with E-state index < -0.39 is 15.4 Å². The van der Waals surface area contributed by atoms with Gasteiger partial charge in [0.05, 0.1) is 12.0 Å². The molecule has 1 aliphatic heterocycles. The molecule has 0 bridgehead atoms. The highest BCUT2D eigenvalue weighted by Gasteiger charge is 2.38. The van der Waals surface area contributed by atoms with Gasteiger partial charge in [-0.2, -0.15) is 0 Å². The summed E-state index contributed by atoms with van der Waals surface area (Å²) in [6, 6.07) is 10.6. The number of hydrogen-bond donors (Lipinski definition) is 1. The third-order valence-electron chi connectivity index (χ3n) is 5.16. The van der Waals surface area contributed by atoms with E-state index in [2.05, 4.69) is 20.7 Å². The molecule has 0 unspecified atom stereocenters. The van der Waals surface area contributed by atoms with E-state index in [0.717, 1.165) is 11.1 Å². The average Bonchev–Trinajstić information content (AvgIpc) is 2.67. The molecule has 5 nitrogen and oxygen atoms in total. The topological polar surface area (TPSA) is 64.6 Å². The van der Waals surface area contributed by atoms with Crippen LogP contribution in [0.1, 0.15) is 24.0 Å². The van der Waals surface area contributed by atoms with E-state index in [1.807, 2.05) is 19.1 Å². The Morgan fingerprint density at radius 3 is 2.57 bits per heavy atom. The van der Waals surface area contributed by atoms with Crippen LogP contribution in [-0.2, 0) is 20.2 Å². The second kappa shape index (κ2) is 8.71. The molecule has 2 aromatic rings. The molecule has 8 heteroatoms. The summed E-state index contributed by atoms with van der Waals surface area (Å²) in [5.74, 6) is 0.696. The summed E-state index contributed by atoms with van der Waals surface area (Å²) in [4.78, 5) is 0.221. The van der Waals surface area contributed by atoms with Gasteiger partial charge in [0, 0.05) is 40.2 Å². The minimum atomic E-state index is -3.69. The molecule has 0 atom stereocenters. The van der Waals surface area contributed by atoms with Crippen LogP contribution >= 0.6 is 27.5 Å². The molecule has 152 valence electrons. The summed E-state index contributed by atoms with van der Waals surface area (Å²) >= 11 is 9.61. The number of methoxy groups -OCH3 is 1. The highest BCUT2D eigenvalue weighted by atomic mass is 79.9. The summed E-state index contributed by atoms with van der Waals surface area (Å²) < 4.78 is 40.4. The van der Waals surface area contributed by atoms with Crippen LogP contribution in [0.2, 0.25) is 5.02 Å². The monoisotopic (exact) mass is 487 g/mol. The van der Waals surface area contributed by atoms with E-state index in [4.69, 9.17) is 21.1 Å². The Morgan fingerprint density at radius 2 is 1.93 bits per heavy atom. The zero-order chi connectivity index (χ0) is 20.4. The van der Waals surface area contributed by atoms with Gasteiger partial charge in [-0.15, -0.1) is 0 Å². The second-order valence-corrected chi connectivity index (χ2v) is 10.0. The highest BCUT2D eigenvalue weighted by molar-refractivity contribution is 9.10. The smallest absolute Gasteiger partial charge is 0.241 e. The van der Waals surface area contributed by atoms with Gasteiger partial charge >= 0.3 is 0 Å². The van der Waals surface area contributed by atoms with Gasteiger partial charge in [-0.3, -0.25) is 0 Å². The van der Waals surface area contributed by atoms with Crippen molar-refractivity contribution in [2.24, 2.45) is 0 Å². The Hall–Kier alpha value is -1.12. The van der Waals surface area contributed by atoms with Gasteiger partial charge in [0.25, 0.3) is 0 Å². The summed E-state index contributed by atoms with van der Waals surface area (Å²) in [6.45, 7) is 3.24. The maximum absolute atomic E-state index is 13.0. The standard InChI is InChI=1S/C20H23BrClNO4S/c1-14-3-6-19(17(21)11-14)28(24,25)23-13-20(7-9-27-10-8-20)16-12-15(22)4-5-18(16)26-2/h3-6,11-12,23H,7-10,13H2,1-2H3. The van der Waals surface area contributed by atoms with E-state index in [0.29, 0.717) is 41.3 Å². The SMILES string of the molecule is COc1ccc(Cl)cc1C1(CNS(=O)(=O)c2ccc(C)cc2Br)CCOCC1. The first-order valence-electron chi connectivity index (χ1n) is 8.95. The number of sulfonamides is 1. The van der Waals surface area contributed by atoms with Crippen molar-refractivity contribution in [1.82, 2.24) is 4.72 Å². The lowest BCUT2D eigenvalue weighted by Crippen LogP contribution is -2.44. The molecule has 0 aliphatic carbocycles. The fourth-order valence-electron chi connectivity index (χ4n) is 3.53. The van der Waals surface area contributed by atoms with Gasteiger partial charge in [-0.05, 0) is 71.6 Å². The van der Waals surface area contributed by atoms with Gasteiger partial charge in [0.2, 0.25) is 10.0 Å². The van der Waals surface area contributed by atoms with Crippen LogP contribution in [0.3, 0.4) is 0 Å².